The zero-order chi connectivity index (χ0) is 13.8. The Morgan fingerprint density at radius 3 is 2.68 bits per heavy atom. The van der Waals surface area contributed by atoms with Gasteiger partial charge in [-0.25, -0.2) is 0 Å². The van der Waals surface area contributed by atoms with Crippen molar-refractivity contribution in [1.82, 2.24) is 10.1 Å². The van der Waals surface area contributed by atoms with Gasteiger partial charge in [-0.2, -0.15) is 0 Å². The minimum absolute atomic E-state index is 0.371. The van der Waals surface area contributed by atoms with Crippen molar-refractivity contribution in [3.8, 4) is 17.1 Å². The number of nitrogens with two attached hydrogens (primary N) is 1. The molecule has 0 spiro atoms. The second-order valence-corrected chi connectivity index (χ2v) is 4.70. The van der Waals surface area contributed by atoms with Gasteiger partial charge in [-0.3, -0.25) is 0 Å². The van der Waals surface area contributed by atoms with Crippen LogP contribution in [0.3, 0.4) is 0 Å². The van der Waals surface area contributed by atoms with Crippen LogP contribution in [0, 0.1) is 0 Å². The molecule has 0 atom stereocenters. The van der Waals surface area contributed by atoms with E-state index in [1.54, 1.807) is 13.2 Å². The molecule has 1 aromatic carbocycles. The molecule has 0 saturated carbocycles. The Hall–Kier alpha value is -2.01. The summed E-state index contributed by atoms with van der Waals surface area (Å²) >= 11 is 0. The summed E-state index contributed by atoms with van der Waals surface area (Å²) in [5, 5.41) is 3.71. The van der Waals surface area contributed by atoms with Crippen LogP contribution >= 0.6 is 0 Å². The third kappa shape index (κ3) is 3.26. The predicted molar refractivity (Wildman–Crippen MR) is 75.2 cm³/mol. The van der Waals surface area contributed by atoms with E-state index in [1.807, 2.05) is 6.07 Å². The molecule has 2 rings (SSSR count). The molecule has 19 heavy (non-hydrogen) atoms. The Morgan fingerprint density at radius 2 is 2.11 bits per heavy atom. The van der Waals surface area contributed by atoms with Gasteiger partial charge in [-0.05, 0) is 38.2 Å². The van der Waals surface area contributed by atoms with Crippen molar-refractivity contribution in [1.29, 1.82) is 0 Å². The lowest BCUT2D eigenvalue weighted by molar-refractivity contribution is 0.405. The summed E-state index contributed by atoms with van der Waals surface area (Å²) < 4.78 is 10.6. The summed E-state index contributed by atoms with van der Waals surface area (Å²) in [5.41, 5.74) is 7.69. The summed E-state index contributed by atoms with van der Waals surface area (Å²) in [6.07, 6.45) is 0.966. The normalized spacial score (nSPS) is 10.9. The van der Waals surface area contributed by atoms with Crippen LogP contribution in [0.15, 0.2) is 28.8 Å². The van der Waals surface area contributed by atoms with Crippen LogP contribution in [0.2, 0.25) is 0 Å². The minimum Gasteiger partial charge on any atom is -0.496 e. The topological polar surface area (TPSA) is 64.5 Å². The molecule has 0 saturated heterocycles. The van der Waals surface area contributed by atoms with Gasteiger partial charge in [0, 0.05) is 12.6 Å². The zero-order valence-corrected chi connectivity index (χ0v) is 11.5. The third-order valence-electron chi connectivity index (χ3n) is 2.91. The Morgan fingerprint density at radius 1 is 1.32 bits per heavy atom. The van der Waals surface area contributed by atoms with Gasteiger partial charge in [0.05, 0.1) is 12.7 Å². The molecule has 0 amide bonds. The predicted octanol–water partition coefficient (Wildman–Crippen LogP) is 2.04. The van der Waals surface area contributed by atoms with Gasteiger partial charge in [-0.1, -0.05) is 11.2 Å². The number of nitrogens with zero attached hydrogens (tertiary/aromatic N) is 2. The number of nitrogen functional groups attached to an aromatic ring is 1. The van der Waals surface area contributed by atoms with E-state index in [2.05, 4.69) is 36.3 Å². The highest BCUT2D eigenvalue weighted by Crippen LogP contribution is 2.32. The largest absolute Gasteiger partial charge is 0.496 e. The number of benzene rings is 1. The van der Waals surface area contributed by atoms with E-state index in [1.165, 1.54) is 5.56 Å². The van der Waals surface area contributed by atoms with Gasteiger partial charge in [0.15, 0.2) is 11.6 Å². The van der Waals surface area contributed by atoms with Crippen molar-refractivity contribution in [3.05, 3.63) is 29.8 Å². The maximum absolute atomic E-state index is 5.59. The minimum atomic E-state index is 0.371. The van der Waals surface area contributed by atoms with E-state index < -0.39 is 0 Å². The van der Waals surface area contributed by atoms with Crippen molar-refractivity contribution in [3.63, 3.8) is 0 Å². The zero-order valence-electron chi connectivity index (χ0n) is 11.5. The Labute approximate surface area is 112 Å². The van der Waals surface area contributed by atoms with Crippen LogP contribution in [0.4, 0.5) is 5.82 Å². The lowest BCUT2D eigenvalue weighted by Gasteiger charge is -2.11. The molecule has 0 bridgehead atoms. The molecule has 2 aromatic rings. The molecular weight excluding hydrogens is 242 g/mol. The van der Waals surface area contributed by atoms with Gasteiger partial charge < -0.3 is 19.9 Å². The number of likely N-dealkylation sites (N-methyl/N-ethyl adjacent to an activating group) is 1. The summed E-state index contributed by atoms with van der Waals surface area (Å²) in [4.78, 5) is 2.15. The Balaban J connectivity index is 2.31. The first-order valence-electron chi connectivity index (χ1n) is 6.14. The second kappa shape index (κ2) is 5.75. The highest BCUT2D eigenvalue weighted by Gasteiger charge is 2.12. The van der Waals surface area contributed by atoms with E-state index in [0.29, 0.717) is 11.6 Å². The number of rotatable bonds is 5. The fourth-order valence-electron chi connectivity index (χ4n) is 1.87. The van der Waals surface area contributed by atoms with Crippen LogP contribution in [0.25, 0.3) is 11.3 Å². The lowest BCUT2D eigenvalue weighted by atomic mass is 10.0. The molecule has 0 unspecified atom stereocenters. The standard InChI is InChI=1S/C14H19N3O2/c1-17(2)7-6-10-4-5-12(18-3)11(8-10)13-9-14(15)16-19-13/h4-5,8-9H,6-7H2,1-3H3,(H2,15,16). The molecular formula is C14H19N3O2. The Bertz CT molecular complexity index is 549. The second-order valence-electron chi connectivity index (χ2n) is 4.70. The van der Waals surface area contributed by atoms with Crippen LogP contribution in [0.5, 0.6) is 5.75 Å². The van der Waals surface area contributed by atoms with Gasteiger partial charge >= 0.3 is 0 Å². The van der Waals surface area contributed by atoms with Crippen molar-refractivity contribution in [2.75, 3.05) is 33.5 Å². The molecule has 102 valence electrons. The molecule has 1 aromatic heterocycles. The van der Waals surface area contributed by atoms with Crippen molar-refractivity contribution >= 4 is 5.82 Å². The smallest absolute Gasteiger partial charge is 0.172 e. The monoisotopic (exact) mass is 261 g/mol. The molecule has 0 fully saturated rings. The van der Waals surface area contributed by atoms with Crippen LogP contribution in [-0.4, -0.2) is 37.8 Å². The number of anilines is 1. The maximum atomic E-state index is 5.59. The van der Waals surface area contributed by atoms with Crippen molar-refractivity contribution in [2.45, 2.75) is 6.42 Å². The van der Waals surface area contributed by atoms with Gasteiger partial charge in [0.25, 0.3) is 0 Å². The molecule has 0 radical (unpaired) electrons. The fourth-order valence-corrected chi connectivity index (χ4v) is 1.87. The average Bonchev–Trinajstić information content (AvgIpc) is 2.82. The molecule has 1 heterocycles. The van der Waals surface area contributed by atoms with E-state index >= 15 is 0 Å². The number of aromatic nitrogens is 1. The molecule has 2 N–H and O–H groups in total. The van der Waals surface area contributed by atoms with Crippen molar-refractivity contribution < 1.29 is 9.26 Å². The fraction of sp³-hybridized carbons (Fsp3) is 0.357. The van der Waals surface area contributed by atoms with Gasteiger partial charge in [0.1, 0.15) is 5.75 Å². The number of hydrogen-bond donors (Lipinski definition) is 1. The van der Waals surface area contributed by atoms with Gasteiger partial charge in [0.2, 0.25) is 0 Å². The van der Waals surface area contributed by atoms with E-state index in [0.717, 1.165) is 24.3 Å². The average molecular weight is 261 g/mol. The summed E-state index contributed by atoms with van der Waals surface area (Å²) in [6.45, 7) is 0.990. The quantitative estimate of drug-likeness (QED) is 0.892. The number of ether oxygens (including phenoxy) is 1. The molecule has 0 aliphatic carbocycles. The SMILES string of the molecule is COc1ccc(CCN(C)C)cc1-c1cc(N)no1. The third-order valence-corrected chi connectivity index (χ3v) is 2.91. The van der Waals surface area contributed by atoms with Crippen LogP contribution in [-0.2, 0) is 6.42 Å². The lowest BCUT2D eigenvalue weighted by Crippen LogP contribution is -2.15. The van der Waals surface area contributed by atoms with Crippen molar-refractivity contribution in [2.24, 2.45) is 0 Å². The van der Waals surface area contributed by atoms with Crippen LogP contribution in [0.1, 0.15) is 5.56 Å². The van der Waals surface area contributed by atoms with E-state index in [4.69, 9.17) is 15.0 Å². The maximum Gasteiger partial charge on any atom is 0.172 e. The molecule has 0 aliphatic rings. The first kappa shape index (κ1) is 13.4. The summed E-state index contributed by atoms with van der Waals surface area (Å²) in [5.74, 6) is 1.75. The summed E-state index contributed by atoms with van der Waals surface area (Å²) in [6, 6.07) is 7.76. The van der Waals surface area contributed by atoms with Crippen LogP contribution < -0.4 is 10.5 Å². The highest BCUT2D eigenvalue weighted by atomic mass is 16.5. The first-order chi connectivity index (χ1) is 9.10. The van der Waals surface area contributed by atoms with Gasteiger partial charge in [-0.15, -0.1) is 0 Å². The highest BCUT2D eigenvalue weighted by molar-refractivity contribution is 5.68. The molecule has 5 nitrogen and oxygen atoms in total. The first-order valence-corrected chi connectivity index (χ1v) is 6.14. The summed E-state index contributed by atoms with van der Waals surface area (Å²) in [7, 11) is 5.75. The molecule has 0 aliphatic heterocycles. The Kier molecular flexibility index (Phi) is 4.06. The van der Waals surface area contributed by atoms with E-state index in [-0.39, 0.29) is 0 Å². The number of hydrogen-bond acceptors (Lipinski definition) is 5. The number of methoxy groups -OCH3 is 1. The molecule has 5 heteroatoms. The van der Waals surface area contributed by atoms with E-state index in [9.17, 15) is 0 Å².